The molecule has 7 heteroatoms. The van der Waals surface area contributed by atoms with Crippen molar-refractivity contribution in [1.29, 1.82) is 0 Å². The van der Waals surface area contributed by atoms with Crippen molar-refractivity contribution < 1.29 is 24.9 Å². The van der Waals surface area contributed by atoms with E-state index in [9.17, 15) is 0 Å². The van der Waals surface area contributed by atoms with Crippen molar-refractivity contribution in [3.8, 4) is 0 Å². The van der Waals surface area contributed by atoms with Crippen molar-refractivity contribution in [2.75, 3.05) is 26.4 Å². The fourth-order valence-corrected chi connectivity index (χ4v) is 1.01. The lowest BCUT2D eigenvalue weighted by Crippen LogP contribution is -2.24. The van der Waals surface area contributed by atoms with Crippen LogP contribution in [0.25, 0.3) is 0 Å². The summed E-state index contributed by atoms with van der Waals surface area (Å²) in [6.07, 6.45) is 4.24. The summed E-state index contributed by atoms with van der Waals surface area (Å²) in [5.74, 6) is 0. The van der Waals surface area contributed by atoms with Gasteiger partial charge in [-0.3, -0.25) is 0 Å². The number of rotatable bonds is 10. The van der Waals surface area contributed by atoms with Gasteiger partial charge in [0, 0.05) is 13.2 Å². The molecule has 0 aromatic carbocycles. The predicted octanol–water partition coefficient (Wildman–Crippen LogP) is 1.63. The monoisotopic (exact) mass is 267 g/mol. The maximum absolute atomic E-state index is 8.98. The molecule has 1 unspecified atom stereocenters. The van der Waals surface area contributed by atoms with Crippen LogP contribution in [0.15, 0.2) is 0 Å². The highest BCUT2D eigenvalue weighted by molar-refractivity contribution is 4.53. The third-order valence-corrected chi connectivity index (χ3v) is 2.00. The average Bonchev–Trinajstić information content (AvgIpc) is 2.32. The summed E-state index contributed by atoms with van der Waals surface area (Å²) < 4.78 is 10.8. The molecule has 18 heavy (non-hydrogen) atoms. The molecule has 110 valence electrons. The SMILES string of the molecule is CCCCOCC(CO)OCCCC.O=[N+]([O-])O. The Hall–Kier alpha value is -0.920. The van der Waals surface area contributed by atoms with E-state index in [4.69, 9.17) is 29.9 Å². The van der Waals surface area contributed by atoms with Crippen molar-refractivity contribution in [1.82, 2.24) is 0 Å². The number of unbranched alkanes of at least 4 members (excludes halogenated alkanes) is 2. The first kappa shape index (κ1) is 19.4. The molecule has 0 amide bonds. The molecule has 0 saturated carbocycles. The third-order valence-electron chi connectivity index (χ3n) is 2.00. The topological polar surface area (TPSA) is 102 Å². The summed E-state index contributed by atoms with van der Waals surface area (Å²) in [6, 6.07) is 0. The van der Waals surface area contributed by atoms with Crippen LogP contribution < -0.4 is 0 Å². The molecule has 7 nitrogen and oxygen atoms in total. The van der Waals surface area contributed by atoms with Crippen molar-refractivity contribution in [2.24, 2.45) is 0 Å². The normalized spacial score (nSPS) is 11.5. The van der Waals surface area contributed by atoms with Gasteiger partial charge in [-0.2, -0.15) is 0 Å². The summed E-state index contributed by atoms with van der Waals surface area (Å²) in [7, 11) is 0. The molecule has 0 radical (unpaired) electrons. The summed E-state index contributed by atoms with van der Waals surface area (Å²) in [5, 5.41) is 22.6. The number of hydrogen-bond donors (Lipinski definition) is 2. The maximum atomic E-state index is 8.98. The Kier molecular flexibility index (Phi) is 17.3. The predicted molar refractivity (Wildman–Crippen MR) is 66.2 cm³/mol. The van der Waals surface area contributed by atoms with Crippen molar-refractivity contribution in [3.05, 3.63) is 10.1 Å². The van der Waals surface area contributed by atoms with Gasteiger partial charge in [0.05, 0.1) is 13.2 Å². The van der Waals surface area contributed by atoms with Crippen molar-refractivity contribution in [2.45, 2.75) is 45.6 Å². The van der Waals surface area contributed by atoms with Gasteiger partial charge in [-0.1, -0.05) is 26.7 Å². The summed E-state index contributed by atoms with van der Waals surface area (Å²) in [5.41, 5.74) is 0. The van der Waals surface area contributed by atoms with Crippen molar-refractivity contribution in [3.63, 3.8) is 0 Å². The van der Waals surface area contributed by atoms with Gasteiger partial charge in [0.25, 0.3) is 5.09 Å². The zero-order valence-electron chi connectivity index (χ0n) is 11.2. The molecule has 0 aliphatic rings. The van der Waals surface area contributed by atoms with Gasteiger partial charge in [-0.15, -0.1) is 10.1 Å². The van der Waals surface area contributed by atoms with Crippen LogP contribution in [0.2, 0.25) is 0 Å². The second-order valence-corrected chi connectivity index (χ2v) is 3.70. The number of aliphatic hydroxyl groups is 1. The second kappa shape index (κ2) is 16.1. The van der Waals surface area contributed by atoms with E-state index in [0.717, 1.165) is 38.9 Å². The van der Waals surface area contributed by atoms with E-state index in [1.54, 1.807) is 0 Å². The number of hydrogen-bond acceptors (Lipinski definition) is 5. The Morgan fingerprint density at radius 1 is 1.22 bits per heavy atom. The number of ether oxygens (including phenoxy) is 2. The minimum absolute atomic E-state index is 0.0514. The maximum Gasteiger partial charge on any atom is 0.291 e. The summed E-state index contributed by atoms with van der Waals surface area (Å²) >= 11 is 0. The molecule has 2 N–H and O–H groups in total. The molecule has 0 spiro atoms. The first-order valence-electron chi connectivity index (χ1n) is 6.21. The molecule has 0 fully saturated rings. The fraction of sp³-hybridized carbons (Fsp3) is 1.00. The minimum Gasteiger partial charge on any atom is -0.394 e. The Morgan fingerprint density at radius 2 is 1.72 bits per heavy atom. The Balaban J connectivity index is 0. The van der Waals surface area contributed by atoms with Gasteiger partial charge in [0.1, 0.15) is 6.10 Å². The highest BCUT2D eigenvalue weighted by Gasteiger charge is 2.06. The lowest BCUT2D eigenvalue weighted by Gasteiger charge is -2.15. The van der Waals surface area contributed by atoms with Gasteiger partial charge in [-0.25, -0.2) is 0 Å². The van der Waals surface area contributed by atoms with Crippen LogP contribution in [-0.4, -0.2) is 47.9 Å². The van der Waals surface area contributed by atoms with Crippen LogP contribution in [-0.2, 0) is 9.47 Å². The lowest BCUT2D eigenvalue weighted by molar-refractivity contribution is -0.742. The van der Waals surface area contributed by atoms with Crippen LogP contribution >= 0.6 is 0 Å². The standard InChI is InChI=1S/C11H24O3.HNO3/c1-3-5-7-13-10-11(9-12)14-8-6-4-2;2-1(3)4/h11-12H,3-10H2,1-2H3;(H,2,3,4). The first-order valence-corrected chi connectivity index (χ1v) is 6.21. The molecule has 0 aromatic heterocycles. The third kappa shape index (κ3) is 20.5. The molecular formula is C11H25NO6. The Bertz CT molecular complexity index is 175. The van der Waals surface area contributed by atoms with Crippen LogP contribution in [0.5, 0.6) is 0 Å². The molecule has 0 aromatic rings. The van der Waals surface area contributed by atoms with E-state index in [1.807, 2.05) is 0 Å². The number of nitrogens with zero attached hydrogens (tertiary/aromatic N) is 1. The van der Waals surface area contributed by atoms with E-state index in [1.165, 1.54) is 0 Å². The van der Waals surface area contributed by atoms with Gasteiger partial charge < -0.3 is 19.8 Å². The molecule has 0 rings (SSSR count). The zero-order chi connectivity index (χ0) is 14.2. The van der Waals surface area contributed by atoms with Gasteiger partial charge in [0.2, 0.25) is 0 Å². The molecular weight excluding hydrogens is 242 g/mol. The minimum atomic E-state index is -1.50. The van der Waals surface area contributed by atoms with E-state index < -0.39 is 5.09 Å². The van der Waals surface area contributed by atoms with Gasteiger partial charge >= 0.3 is 0 Å². The van der Waals surface area contributed by atoms with E-state index in [-0.39, 0.29) is 12.7 Å². The summed E-state index contributed by atoms with van der Waals surface area (Å²) in [4.78, 5) is 8.36. The molecule has 0 aliphatic carbocycles. The van der Waals surface area contributed by atoms with Gasteiger partial charge in [0.15, 0.2) is 0 Å². The first-order chi connectivity index (χ1) is 8.58. The molecule has 0 saturated heterocycles. The van der Waals surface area contributed by atoms with Crippen LogP contribution in [0.4, 0.5) is 0 Å². The molecule has 1 atom stereocenters. The zero-order valence-corrected chi connectivity index (χ0v) is 11.2. The fourth-order valence-electron chi connectivity index (χ4n) is 1.01. The van der Waals surface area contributed by atoms with E-state index >= 15 is 0 Å². The largest absolute Gasteiger partial charge is 0.394 e. The van der Waals surface area contributed by atoms with Crippen LogP contribution in [0.1, 0.15) is 39.5 Å². The molecule has 0 heterocycles. The van der Waals surface area contributed by atoms with Crippen LogP contribution in [0, 0.1) is 10.1 Å². The highest BCUT2D eigenvalue weighted by Crippen LogP contribution is 1.97. The average molecular weight is 267 g/mol. The number of aliphatic hydroxyl groups excluding tert-OH is 1. The molecule has 0 bridgehead atoms. The second-order valence-electron chi connectivity index (χ2n) is 3.70. The van der Waals surface area contributed by atoms with E-state index in [0.29, 0.717) is 6.61 Å². The quantitative estimate of drug-likeness (QED) is 0.354. The highest BCUT2D eigenvalue weighted by atomic mass is 16.9. The van der Waals surface area contributed by atoms with E-state index in [2.05, 4.69) is 13.8 Å². The van der Waals surface area contributed by atoms with Crippen LogP contribution in [0.3, 0.4) is 0 Å². The Morgan fingerprint density at radius 3 is 2.17 bits per heavy atom. The lowest BCUT2D eigenvalue weighted by atomic mass is 10.3. The van der Waals surface area contributed by atoms with Crippen molar-refractivity contribution >= 4 is 0 Å². The smallest absolute Gasteiger partial charge is 0.291 e. The summed E-state index contributed by atoms with van der Waals surface area (Å²) in [6.45, 7) is 6.30. The Labute approximate surface area is 108 Å². The van der Waals surface area contributed by atoms with Gasteiger partial charge in [-0.05, 0) is 12.8 Å². The molecule has 0 aliphatic heterocycles.